The number of ether oxygens (including phenoxy) is 1. The van der Waals surface area contributed by atoms with E-state index in [1.807, 2.05) is 38.2 Å². The highest BCUT2D eigenvalue weighted by molar-refractivity contribution is 6.71. The lowest BCUT2D eigenvalue weighted by molar-refractivity contribution is -0.146. The van der Waals surface area contributed by atoms with Crippen LogP contribution in [0, 0.1) is 5.92 Å². The maximum absolute atomic E-state index is 13.6. The fourth-order valence-corrected chi connectivity index (χ4v) is 8.42. The van der Waals surface area contributed by atoms with Crippen LogP contribution in [-0.2, 0) is 19.9 Å². The van der Waals surface area contributed by atoms with Crippen molar-refractivity contribution in [1.29, 1.82) is 0 Å². The molecule has 0 aliphatic carbocycles. The Morgan fingerprint density at radius 2 is 2.00 bits per heavy atom. The zero-order valence-electron chi connectivity index (χ0n) is 18.2. The third-order valence-corrected chi connectivity index (χ3v) is 9.65. The molecule has 2 N–H and O–H groups in total. The summed E-state index contributed by atoms with van der Waals surface area (Å²) >= 11 is 0. The molecule has 4 atom stereocenters. The molecule has 2 fully saturated rings. The van der Waals surface area contributed by atoms with E-state index in [4.69, 9.17) is 4.74 Å². The van der Waals surface area contributed by atoms with Crippen LogP contribution in [0.5, 0.6) is 0 Å². The summed E-state index contributed by atoms with van der Waals surface area (Å²) < 4.78 is 6.50. The van der Waals surface area contributed by atoms with Gasteiger partial charge >= 0.3 is 0 Å². The van der Waals surface area contributed by atoms with Gasteiger partial charge in [-0.05, 0) is 50.6 Å². The van der Waals surface area contributed by atoms with E-state index in [0.29, 0.717) is 19.4 Å². The quantitative estimate of drug-likeness (QED) is 0.713. The van der Waals surface area contributed by atoms with Gasteiger partial charge in [-0.25, -0.2) is 0 Å². The molecule has 7 nitrogen and oxygen atoms in total. The number of rotatable bonds is 4. The van der Waals surface area contributed by atoms with Crippen LogP contribution in [0.15, 0.2) is 18.2 Å². The van der Waals surface area contributed by atoms with Crippen LogP contribution in [-0.4, -0.2) is 56.3 Å². The SMILES string of the molecule is C[C@H]1[C@H]([Si](C)(C)O)[C@@H](CCO)O[C@]12C(=O)N(C)c1ccc(N3CCCCC3=O)cc12. The lowest BCUT2D eigenvalue weighted by atomic mass is 9.82. The second-order valence-electron chi connectivity index (χ2n) is 9.44. The van der Waals surface area contributed by atoms with E-state index < -0.39 is 13.9 Å². The Hall–Kier alpha value is -1.74. The number of aliphatic hydroxyl groups is 1. The number of aliphatic hydroxyl groups excluding tert-OH is 1. The molecule has 0 saturated carbocycles. The Kier molecular flexibility index (Phi) is 5.33. The molecule has 1 spiro atoms. The van der Waals surface area contributed by atoms with E-state index in [1.54, 1.807) is 16.8 Å². The Morgan fingerprint density at radius 3 is 2.63 bits per heavy atom. The molecule has 3 aliphatic rings. The molecule has 3 aliphatic heterocycles. The number of hydrogen-bond acceptors (Lipinski definition) is 5. The molecule has 2 saturated heterocycles. The van der Waals surface area contributed by atoms with Gasteiger partial charge in [0, 0.05) is 49.3 Å². The number of fused-ring (bicyclic) bond motifs is 2. The topological polar surface area (TPSA) is 90.3 Å². The molecular formula is C22H32N2O5Si. The van der Waals surface area contributed by atoms with Crippen molar-refractivity contribution in [2.75, 3.05) is 30.0 Å². The average molecular weight is 433 g/mol. The predicted octanol–water partition coefficient (Wildman–Crippen LogP) is 2.36. The highest BCUT2D eigenvalue weighted by Gasteiger charge is 2.65. The zero-order valence-corrected chi connectivity index (χ0v) is 19.2. The first kappa shape index (κ1) is 21.5. The zero-order chi connectivity index (χ0) is 21.8. The number of anilines is 2. The van der Waals surface area contributed by atoms with Gasteiger partial charge in [-0.2, -0.15) is 0 Å². The molecule has 164 valence electrons. The van der Waals surface area contributed by atoms with Crippen molar-refractivity contribution < 1.29 is 24.2 Å². The maximum Gasteiger partial charge on any atom is 0.264 e. The van der Waals surface area contributed by atoms with E-state index >= 15 is 0 Å². The van der Waals surface area contributed by atoms with Crippen molar-refractivity contribution in [2.45, 2.75) is 62.9 Å². The van der Waals surface area contributed by atoms with Gasteiger partial charge in [0.25, 0.3) is 5.91 Å². The van der Waals surface area contributed by atoms with Gasteiger partial charge in [0.2, 0.25) is 5.91 Å². The molecule has 2 amide bonds. The fraction of sp³-hybridized carbons (Fsp3) is 0.636. The summed E-state index contributed by atoms with van der Waals surface area (Å²) in [7, 11) is -0.939. The lowest BCUT2D eigenvalue weighted by Crippen LogP contribution is -2.45. The first-order valence-electron chi connectivity index (χ1n) is 10.9. The van der Waals surface area contributed by atoms with Crippen LogP contribution < -0.4 is 9.80 Å². The molecule has 1 aromatic carbocycles. The molecule has 8 heteroatoms. The summed E-state index contributed by atoms with van der Waals surface area (Å²) in [4.78, 5) is 40.5. The van der Waals surface area contributed by atoms with Gasteiger partial charge in [-0.3, -0.25) is 9.59 Å². The molecule has 0 aromatic heterocycles. The van der Waals surface area contributed by atoms with Crippen LogP contribution >= 0.6 is 0 Å². The molecule has 4 rings (SSSR count). The summed E-state index contributed by atoms with van der Waals surface area (Å²) in [6.45, 7) is 6.33. The van der Waals surface area contributed by atoms with Gasteiger partial charge in [-0.1, -0.05) is 6.92 Å². The summed E-state index contributed by atoms with van der Waals surface area (Å²) in [6, 6.07) is 5.73. The van der Waals surface area contributed by atoms with Crippen molar-refractivity contribution in [3.05, 3.63) is 23.8 Å². The van der Waals surface area contributed by atoms with Crippen molar-refractivity contribution in [3.63, 3.8) is 0 Å². The van der Waals surface area contributed by atoms with Gasteiger partial charge < -0.3 is 24.4 Å². The van der Waals surface area contributed by atoms with Gasteiger partial charge in [0.1, 0.15) is 0 Å². The van der Waals surface area contributed by atoms with E-state index in [9.17, 15) is 19.5 Å². The molecule has 30 heavy (non-hydrogen) atoms. The number of likely N-dealkylation sites (N-methyl/N-ethyl adjacent to an activating group) is 1. The minimum absolute atomic E-state index is 0.0619. The van der Waals surface area contributed by atoms with Crippen LogP contribution in [0.3, 0.4) is 0 Å². The van der Waals surface area contributed by atoms with Crippen molar-refractivity contribution in [1.82, 2.24) is 0 Å². The Bertz CT molecular complexity index is 870. The highest BCUT2D eigenvalue weighted by Crippen LogP contribution is 2.59. The third kappa shape index (κ3) is 3.04. The molecule has 0 bridgehead atoms. The highest BCUT2D eigenvalue weighted by atomic mass is 28.4. The largest absolute Gasteiger partial charge is 0.432 e. The summed E-state index contributed by atoms with van der Waals surface area (Å²) in [5.74, 6) is -0.284. The first-order valence-corrected chi connectivity index (χ1v) is 13.9. The van der Waals surface area contributed by atoms with Gasteiger partial charge in [0.15, 0.2) is 13.9 Å². The lowest BCUT2D eigenvalue weighted by Gasteiger charge is -2.32. The molecule has 0 radical (unpaired) electrons. The second-order valence-corrected chi connectivity index (χ2v) is 13.4. The van der Waals surface area contributed by atoms with E-state index in [0.717, 1.165) is 29.8 Å². The molecular weight excluding hydrogens is 400 g/mol. The fourth-order valence-electron chi connectivity index (χ4n) is 5.82. The Labute approximate surface area is 178 Å². The number of carbonyl (C=O) groups is 2. The third-order valence-electron chi connectivity index (χ3n) is 7.15. The van der Waals surface area contributed by atoms with Gasteiger partial charge in [0.05, 0.1) is 11.8 Å². The second kappa shape index (κ2) is 7.44. The van der Waals surface area contributed by atoms with Crippen LogP contribution in [0.1, 0.15) is 38.2 Å². The Balaban J connectivity index is 1.83. The van der Waals surface area contributed by atoms with Crippen molar-refractivity contribution >= 4 is 31.5 Å². The summed E-state index contributed by atoms with van der Waals surface area (Å²) in [5, 5.41) is 9.60. The number of carbonyl (C=O) groups excluding carboxylic acids is 2. The monoisotopic (exact) mass is 432 g/mol. The van der Waals surface area contributed by atoms with E-state index in [2.05, 4.69) is 0 Å². The van der Waals surface area contributed by atoms with Crippen LogP contribution in [0.4, 0.5) is 11.4 Å². The standard InChI is InChI=1S/C22H32N2O5Si/c1-14-20(30(3,4)28)18(10-12-25)29-22(14)16-13-15(24-11-6-5-7-19(24)26)8-9-17(16)23(2)21(22)27/h8-9,13-14,18,20,25,28H,5-7,10-12H2,1-4H3/t14-,18+,20-,22+/m0/s1. The predicted molar refractivity (Wildman–Crippen MR) is 117 cm³/mol. The first-order chi connectivity index (χ1) is 14.1. The number of nitrogens with zero attached hydrogens (tertiary/aromatic N) is 2. The average Bonchev–Trinajstić information content (AvgIpc) is 3.10. The molecule has 3 heterocycles. The Morgan fingerprint density at radius 1 is 1.27 bits per heavy atom. The number of benzene rings is 1. The van der Waals surface area contributed by atoms with Crippen molar-refractivity contribution in [3.8, 4) is 0 Å². The summed E-state index contributed by atoms with van der Waals surface area (Å²) in [6.07, 6.45) is 2.40. The number of hydrogen-bond donors (Lipinski definition) is 2. The number of piperidine rings is 1. The van der Waals surface area contributed by atoms with E-state index in [1.165, 1.54) is 0 Å². The van der Waals surface area contributed by atoms with Crippen LogP contribution in [0.2, 0.25) is 18.6 Å². The van der Waals surface area contributed by atoms with Crippen LogP contribution in [0.25, 0.3) is 0 Å². The molecule has 1 aromatic rings. The minimum Gasteiger partial charge on any atom is -0.432 e. The normalized spacial score (nSPS) is 31.7. The smallest absolute Gasteiger partial charge is 0.264 e. The van der Waals surface area contributed by atoms with Crippen molar-refractivity contribution in [2.24, 2.45) is 5.92 Å². The number of amides is 2. The summed E-state index contributed by atoms with van der Waals surface area (Å²) in [5.41, 5.74) is 0.951. The minimum atomic E-state index is -2.68. The molecule has 0 unspecified atom stereocenters. The maximum atomic E-state index is 13.6. The van der Waals surface area contributed by atoms with E-state index in [-0.39, 0.29) is 36.0 Å². The van der Waals surface area contributed by atoms with Gasteiger partial charge in [-0.15, -0.1) is 0 Å².